The normalized spacial score (nSPS) is 13.1. The number of benzene rings is 1. The number of hydrogen-bond acceptors (Lipinski definition) is 2. The number of nitrogens with one attached hydrogen (secondary N) is 1. The molecule has 2 nitrogen and oxygen atoms in total. The van der Waals surface area contributed by atoms with E-state index in [1.165, 1.54) is 6.07 Å². The van der Waals surface area contributed by atoms with Crippen molar-refractivity contribution in [3.63, 3.8) is 0 Å². The molecule has 0 radical (unpaired) electrons. The average Bonchev–Trinajstić information content (AvgIpc) is 2.30. The highest BCUT2D eigenvalue weighted by molar-refractivity contribution is 9.10. The molecule has 0 aliphatic heterocycles. The van der Waals surface area contributed by atoms with Crippen molar-refractivity contribution in [2.24, 2.45) is 0 Å². The van der Waals surface area contributed by atoms with E-state index in [-0.39, 0.29) is 5.82 Å². The Hall–Kier alpha value is -0.450. The zero-order valence-corrected chi connectivity index (χ0v) is 12.2. The van der Waals surface area contributed by atoms with Crippen LogP contribution in [0, 0.1) is 5.82 Å². The Morgan fingerprint density at radius 1 is 1.47 bits per heavy atom. The zero-order chi connectivity index (χ0) is 12.8. The first-order valence-corrected chi connectivity index (χ1v) is 6.68. The molecular formula is C13H20BrFN2. The van der Waals surface area contributed by atoms with Gasteiger partial charge in [-0.25, -0.2) is 4.39 Å². The van der Waals surface area contributed by atoms with Crippen molar-refractivity contribution in [2.75, 3.05) is 20.1 Å². The van der Waals surface area contributed by atoms with Crippen LogP contribution in [-0.2, 0) is 6.54 Å². The fourth-order valence-corrected chi connectivity index (χ4v) is 2.03. The van der Waals surface area contributed by atoms with Gasteiger partial charge in [-0.2, -0.15) is 0 Å². The molecule has 0 bridgehead atoms. The second-order valence-corrected chi connectivity index (χ2v) is 5.29. The topological polar surface area (TPSA) is 15.3 Å². The lowest BCUT2D eigenvalue weighted by Gasteiger charge is -2.20. The Bertz CT molecular complexity index is 357. The Kier molecular flexibility index (Phi) is 6.09. The summed E-state index contributed by atoms with van der Waals surface area (Å²) in [4.78, 5) is 2.23. The Morgan fingerprint density at radius 3 is 2.82 bits per heavy atom. The molecule has 0 saturated heterocycles. The van der Waals surface area contributed by atoms with E-state index in [1.807, 2.05) is 6.07 Å². The van der Waals surface area contributed by atoms with Crippen molar-refractivity contribution in [3.8, 4) is 0 Å². The van der Waals surface area contributed by atoms with E-state index >= 15 is 0 Å². The van der Waals surface area contributed by atoms with Crippen molar-refractivity contribution in [3.05, 3.63) is 34.1 Å². The third kappa shape index (κ3) is 5.15. The summed E-state index contributed by atoms with van der Waals surface area (Å²) in [5.41, 5.74) is 0.699. The number of hydrogen-bond donors (Lipinski definition) is 1. The average molecular weight is 303 g/mol. The van der Waals surface area contributed by atoms with Crippen LogP contribution in [0.25, 0.3) is 0 Å². The molecule has 1 N–H and O–H groups in total. The molecule has 4 heteroatoms. The zero-order valence-electron chi connectivity index (χ0n) is 10.6. The van der Waals surface area contributed by atoms with E-state index in [0.29, 0.717) is 18.2 Å². The highest BCUT2D eigenvalue weighted by Gasteiger charge is 2.07. The molecule has 0 saturated carbocycles. The van der Waals surface area contributed by atoms with Gasteiger partial charge in [0.2, 0.25) is 0 Å². The van der Waals surface area contributed by atoms with Crippen LogP contribution < -0.4 is 5.32 Å². The van der Waals surface area contributed by atoms with Crippen LogP contribution in [0.5, 0.6) is 0 Å². The summed E-state index contributed by atoms with van der Waals surface area (Å²) in [6, 6.07) is 5.37. The molecule has 0 aliphatic rings. The van der Waals surface area contributed by atoms with Crippen LogP contribution in [0.15, 0.2) is 22.7 Å². The van der Waals surface area contributed by atoms with Gasteiger partial charge in [-0.1, -0.05) is 22.9 Å². The van der Waals surface area contributed by atoms with Crippen LogP contribution in [0.1, 0.15) is 19.4 Å². The molecule has 0 heterocycles. The first-order valence-electron chi connectivity index (χ1n) is 5.88. The van der Waals surface area contributed by atoms with E-state index in [4.69, 9.17) is 0 Å². The summed E-state index contributed by atoms with van der Waals surface area (Å²) < 4.78 is 14.4. The van der Waals surface area contributed by atoms with E-state index in [2.05, 4.69) is 47.0 Å². The summed E-state index contributed by atoms with van der Waals surface area (Å²) >= 11 is 3.35. The second-order valence-electron chi connectivity index (χ2n) is 4.37. The molecular weight excluding hydrogens is 283 g/mol. The van der Waals surface area contributed by atoms with Gasteiger partial charge in [0.1, 0.15) is 5.82 Å². The van der Waals surface area contributed by atoms with Gasteiger partial charge in [0, 0.05) is 29.2 Å². The molecule has 1 unspecified atom stereocenters. The molecule has 0 amide bonds. The minimum Gasteiger partial charge on any atom is -0.309 e. The lowest BCUT2D eigenvalue weighted by atomic mass is 10.2. The van der Waals surface area contributed by atoms with Gasteiger partial charge in [-0.3, -0.25) is 0 Å². The van der Waals surface area contributed by atoms with Crippen molar-refractivity contribution in [2.45, 2.75) is 26.4 Å². The largest absolute Gasteiger partial charge is 0.309 e. The van der Waals surface area contributed by atoms with Crippen molar-refractivity contribution in [1.82, 2.24) is 10.2 Å². The Balaban J connectivity index is 2.47. The van der Waals surface area contributed by atoms with Gasteiger partial charge in [-0.15, -0.1) is 0 Å². The van der Waals surface area contributed by atoms with Gasteiger partial charge >= 0.3 is 0 Å². The van der Waals surface area contributed by atoms with Crippen LogP contribution >= 0.6 is 15.9 Å². The third-order valence-electron chi connectivity index (χ3n) is 2.77. The van der Waals surface area contributed by atoms with E-state index in [0.717, 1.165) is 17.6 Å². The SMILES string of the molecule is CCN(C)CC(C)NCc1cc(Br)ccc1F. The van der Waals surface area contributed by atoms with Gasteiger partial charge in [0.05, 0.1) is 0 Å². The van der Waals surface area contributed by atoms with Gasteiger partial charge in [-0.05, 0) is 38.7 Å². The van der Waals surface area contributed by atoms with Gasteiger partial charge in [0.15, 0.2) is 0 Å². The predicted molar refractivity (Wildman–Crippen MR) is 73.6 cm³/mol. The summed E-state index contributed by atoms with van der Waals surface area (Å²) in [5, 5.41) is 3.33. The minimum absolute atomic E-state index is 0.156. The van der Waals surface area contributed by atoms with Crippen LogP contribution in [0.2, 0.25) is 0 Å². The van der Waals surface area contributed by atoms with Gasteiger partial charge in [0.25, 0.3) is 0 Å². The fourth-order valence-electron chi connectivity index (χ4n) is 1.62. The van der Waals surface area contributed by atoms with Gasteiger partial charge < -0.3 is 10.2 Å². The van der Waals surface area contributed by atoms with E-state index in [1.54, 1.807) is 6.07 Å². The maximum Gasteiger partial charge on any atom is 0.127 e. The quantitative estimate of drug-likeness (QED) is 0.869. The third-order valence-corrected chi connectivity index (χ3v) is 3.27. The number of likely N-dealkylation sites (N-methyl/N-ethyl adjacent to an activating group) is 1. The maximum absolute atomic E-state index is 13.5. The van der Waals surface area contributed by atoms with E-state index < -0.39 is 0 Å². The monoisotopic (exact) mass is 302 g/mol. The molecule has 17 heavy (non-hydrogen) atoms. The van der Waals surface area contributed by atoms with Crippen molar-refractivity contribution >= 4 is 15.9 Å². The summed E-state index contributed by atoms with van der Waals surface area (Å²) in [6.45, 7) is 6.79. The highest BCUT2D eigenvalue weighted by atomic mass is 79.9. The Morgan fingerprint density at radius 2 is 2.18 bits per heavy atom. The maximum atomic E-state index is 13.5. The second kappa shape index (κ2) is 7.09. The molecule has 0 fully saturated rings. The molecule has 96 valence electrons. The summed E-state index contributed by atoms with van der Waals surface area (Å²) in [7, 11) is 2.08. The molecule has 0 spiro atoms. The molecule has 1 aromatic carbocycles. The van der Waals surface area contributed by atoms with Crippen LogP contribution in [0.3, 0.4) is 0 Å². The van der Waals surface area contributed by atoms with Crippen LogP contribution in [-0.4, -0.2) is 31.1 Å². The molecule has 1 rings (SSSR count). The Labute approximate surface area is 111 Å². The minimum atomic E-state index is -0.156. The highest BCUT2D eigenvalue weighted by Crippen LogP contribution is 2.15. The smallest absolute Gasteiger partial charge is 0.127 e. The number of rotatable bonds is 6. The lowest BCUT2D eigenvalue weighted by molar-refractivity contribution is 0.309. The van der Waals surface area contributed by atoms with Crippen LogP contribution in [0.4, 0.5) is 4.39 Å². The number of halogens is 2. The first-order chi connectivity index (χ1) is 8.02. The summed E-state index contributed by atoms with van der Waals surface area (Å²) in [6.07, 6.45) is 0. The predicted octanol–water partition coefficient (Wildman–Crippen LogP) is 3.02. The standard InChI is InChI=1S/C13H20BrFN2/c1-4-17(3)9-10(2)16-8-11-7-12(14)5-6-13(11)15/h5-7,10,16H,4,8-9H2,1-3H3. The molecule has 1 atom stereocenters. The molecule has 1 aromatic rings. The molecule has 0 aliphatic carbocycles. The van der Waals surface area contributed by atoms with Crippen molar-refractivity contribution in [1.29, 1.82) is 0 Å². The molecule has 0 aromatic heterocycles. The van der Waals surface area contributed by atoms with E-state index in [9.17, 15) is 4.39 Å². The fraction of sp³-hybridized carbons (Fsp3) is 0.538. The van der Waals surface area contributed by atoms with Crippen molar-refractivity contribution < 1.29 is 4.39 Å². The number of nitrogens with zero attached hydrogens (tertiary/aromatic N) is 1. The summed E-state index contributed by atoms with van der Waals surface area (Å²) in [5.74, 6) is -0.156. The lowest BCUT2D eigenvalue weighted by Crippen LogP contribution is -2.37. The first kappa shape index (κ1) is 14.6.